The van der Waals surface area contributed by atoms with Crippen LogP contribution in [0.1, 0.15) is 52.9 Å². The highest BCUT2D eigenvalue weighted by molar-refractivity contribution is 4.87. The minimum absolute atomic E-state index is 0.616. The van der Waals surface area contributed by atoms with Gasteiger partial charge in [-0.15, -0.1) is 0 Å². The van der Waals surface area contributed by atoms with Crippen LogP contribution >= 0.6 is 0 Å². The first-order valence-electron chi connectivity index (χ1n) is 8.29. The monoisotopic (exact) mass is 268 g/mol. The van der Waals surface area contributed by atoms with Crippen LogP contribution in [0.3, 0.4) is 0 Å². The summed E-state index contributed by atoms with van der Waals surface area (Å²) in [6, 6.07) is 2.11. The fourth-order valence-corrected chi connectivity index (χ4v) is 3.64. The van der Waals surface area contributed by atoms with E-state index < -0.39 is 0 Å². The number of piperidine rings is 1. The molecule has 2 saturated heterocycles. The molecule has 0 amide bonds. The molecule has 3 nitrogen and oxygen atoms in total. The van der Waals surface area contributed by atoms with Crippen LogP contribution in [0.5, 0.6) is 0 Å². The predicted octanol–water partition coefficient (Wildman–Crippen LogP) is 2.65. The van der Waals surface area contributed by atoms with Gasteiger partial charge in [0.15, 0.2) is 0 Å². The third-order valence-electron chi connectivity index (χ3n) is 4.97. The van der Waals surface area contributed by atoms with E-state index in [9.17, 15) is 0 Å². The third-order valence-corrected chi connectivity index (χ3v) is 4.97. The van der Waals surface area contributed by atoms with Crippen molar-refractivity contribution in [1.29, 1.82) is 0 Å². The average Bonchev–Trinajstić information content (AvgIpc) is 2.91. The summed E-state index contributed by atoms with van der Waals surface area (Å²) >= 11 is 0. The van der Waals surface area contributed by atoms with E-state index in [0.29, 0.717) is 12.0 Å². The first-order valence-corrected chi connectivity index (χ1v) is 8.29. The number of hydrogen-bond donors (Lipinski definition) is 1. The van der Waals surface area contributed by atoms with Gasteiger partial charge in [0.1, 0.15) is 0 Å². The Bertz CT molecular complexity index is 243. The predicted molar refractivity (Wildman–Crippen MR) is 80.5 cm³/mol. The van der Waals surface area contributed by atoms with Gasteiger partial charge in [0, 0.05) is 37.2 Å². The Balaban J connectivity index is 1.93. The van der Waals surface area contributed by atoms with E-state index in [4.69, 9.17) is 4.74 Å². The summed E-state index contributed by atoms with van der Waals surface area (Å²) in [4.78, 5) is 2.73. The highest BCUT2D eigenvalue weighted by atomic mass is 16.5. The Morgan fingerprint density at radius 2 is 1.95 bits per heavy atom. The Morgan fingerprint density at radius 1 is 1.21 bits per heavy atom. The van der Waals surface area contributed by atoms with Gasteiger partial charge in [0.2, 0.25) is 0 Å². The maximum atomic E-state index is 5.60. The number of rotatable bonds is 6. The van der Waals surface area contributed by atoms with Crippen molar-refractivity contribution in [2.75, 3.05) is 26.3 Å². The van der Waals surface area contributed by atoms with E-state index >= 15 is 0 Å². The van der Waals surface area contributed by atoms with Gasteiger partial charge in [-0.1, -0.05) is 13.3 Å². The van der Waals surface area contributed by atoms with Gasteiger partial charge in [0.05, 0.1) is 6.61 Å². The number of hydrogen-bond acceptors (Lipinski definition) is 3. The maximum Gasteiger partial charge on any atom is 0.0510 e. The average molecular weight is 268 g/mol. The molecule has 2 aliphatic rings. The van der Waals surface area contributed by atoms with Crippen LogP contribution in [0.4, 0.5) is 0 Å². The van der Waals surface area contributed by atoms with Crippen LogP contribution in [0, 0.1) is 5.92 Å². The second-order valence-electron chi connectivity index (χ2n) is 6.51. The fraction of sp³-hybridized carbons (Fsp3) is 1.00. The van der Waals surface area contributed by atoms with Crippen molar-refractivity contribution in [2.24, 2.45) is 5.92 Å². The highest BCUT2D eigenvalue weighted by Gasteiger charge is 2.31. The lowest BCUT2D eigenvalue weighted by Crippen LogP contribution is -2.53. The van der Waals surface area contributed by atoms with Crippen LogP contribution in [0.2, 0.25) is 0 Å². The molecule has 0 bridgehead atoms. The lowest BCUT2D eigenvalue weighted by atomic mass is 9.93. The fourth-order valence-electron chi connectivity index (χ4n) is 3.64. The Hall–Kier alpha value is -0.120. The molecule has 0 aliphatic carbocycles. The zero-order valence-corrected chi connectivity index (χ0v) is 13.0. The molecule has 0 radical (unpaired) electrons. The van der Waals surface area contributed by atoms with Crippen molar-refractivity contribution in [3.8, 4) is 0 Å². The zero-order valence-electron chi connectivity index (χ0n) is 13.0. The number of likely N-dealkylation sites (tertiary alicyclic amines) is 1. The van der Waals surface area contributed by atoms with Crippen molar-refractivity contribution in [1.82, 2.24) is 10.2 Å². The SMILES string of the molecule is CCCNC(CN1[C@H](C)CCC[C@@H]1C)C1CCOC1. The van der Waals surface area contributed by atoms with Gasteiger partial charge in [-0.05, 0) is 46.1 Å². The summed E-state index contributed by atoms with van der Waals surface area (Å²) < 4.78 is 5.60. The quantitative estimate of drug-likeness (QED) is 0.801. The van der Waals surface area contributed by atoms with E-state index in [-0.39, 0.29) is 0 Å². The lowest BCUT2D eigenvalue weighted by Gasteiger charge is -2.42. The van der Waals surface area contributed by atoms with Crippen LogP contribution in [0.15, 0.2) is 0 Å². The topological polar surface area (TPSA) is 24.5 Å². The Morgan fingerprint density at radius 3 is 2.53 bits per heavy atom. The first kappa shape index (κ1) is 15.3. The van der Waals surface area contributed by atoms with Gasteiger partial charge in [0.25, 0.3) is 0 Å². The zero-order chi connectivity index (χ0) is 13.7. The summed E-state index contributed by atoms with van der Waals surface area (Å²) in [6.07, 6.45) is 6.59. The molecule has 2 rings (SSSR count). The van der Waals surface area contributed by atoms with Crippen LogP contribution < -0.4 is 5.32 Å². The molecular formula is C16H32N2O. The second kappa shape index (κ2) is 7.61. The second-order valence-corrected chi connectivity index (χ2v) is 6.51. The molecule has 0 saturated carbocycles. The molecule has 112 valence electrons. The van der Waals surface area contributed by atoms with E-state index in [1.165, 1.54) is 38.6 Å². The van der Waals surface area contributed by atoms with Gasteiger partial charge in [-0.25, -0.2) is 0 Å². The van der Waals surface area contributed by atoms with Crippen LogP contribution in [-0.2, 0) is 4.74 Å². The van der Waals surface area contributed by atoms with Crippen molar-refractivity contribution in [2.45, 2.75) is 71.0 Å². The minimum Gasteiger partial charge on any atom is -0.381 e. The van der Waals surface area contributed by atoms with E-state index in [2.05, 4.69) is 31.0 Å². The number of ether oxygens (including phenoxy) is 1. The summed E-state index contributed by atoms with van der Waals surface area (Å²) in [5.74, 6) is 0.716. The van der Waals surface area contributed by atoms with Gasteiger partial charge < -0.3 is 10.1 Å². The molecule has 3 heteroatoms. The van der Waals surface area contributed by atoms with Gasteiger partial charge >= 0.3 is 0 Å². The summed E-state index contributed by atoms with van der Waals surface area (Å²) in [6.45, 7) is 11.3. The number of nitrogens with zero attached hydrogens (tertiary/aromatic N) is 1. The lowest BCUT2D eigenvalue weighted by molar-refractivity contribution is 0.0773. The number of nitrogens with one attached hydrogen (secondary N) is 1. The first-order chi connectivity index (χ1) is 9.22. The molecule has 0 aromatic carbocycles. The van der Waals surface area contributed by atoms with Crippen molar-refractivity contribution in [3.05, 3.63) is 0 Å². The third kappa shape index (κ3) is 4.17. The minimum atomic E-state index is 0.616. The van der Waals surface area contributed by atoms with Gasteiger partial charge in [-0.2, -0.15) is 0 Å². The maximum absolute atomic E-state index is 5.60. The van der Waals surface area contributed by atoms with E-state index in [1.807, 2.05) is 0 Å². The smallest absolute Gasteiger partial charge is 0.0510 e. The molecule has 0 spiro atoms. The van der Waals surface area contributed by atoms with Crippen molar-refractivity contribution in [3.63, 3.8) is 0 Å². The van der Waals surface area contributed by atoms with E-state index in [0.717, 1.165) is 31.8 Å². The van der Waals surface area contributed by atoms with Gasteiger partial charge in [-0.3, -0.25) is 4.90 Å². The molecule has 19 heavy (non-hydrogen) atoms. The molecule has 2 fully saturated rings. The molecule has 2 aliphatic heterocycles. The largest absolute Gasteiger partial charge is 0.381 e. The molecule has 1 N–H and O–H groups in total. The normalized spacial score (nSPS) is 34.6. The summed E-state index contributed by atoms with van der Waals surface area (Å²) in [7, 11) is 0. The molecule has 4 atom stereocenters. The van der Waals surface area contributed by atoms with Crippen LogP contribution in [0.25, 0.3) is 0 Å². The Labute approximate surface area is 119 Å². The van der Waals surface area contributed by atoms with Crippen LogP contribution in [-0.4, -0.2) is 49.3 Å². The summed E-state index contributed by atoms with van der Waals surface area (Å²) in [5.41, 5.74) is 0. The summed E-state index contributed by atoms with van der Waals surface area (Å²) in [5, 5.41) is 3.78. The molecule has 2 unspecified atom stereocenters. The van der Waals surface area contributed by atoms with Crippen molar-refractivity contribution >= 4 is 0 Å². The van der Waals surface area contributed by atoms with Crippen molar-refractivity contribution < 1.29 is 4.74 Å². The Kier molecular flexibility index (Phi) is 6.11. The molecule has 0 aromatic rings. The van der Waals surface area contributed by atoms with E-state index in [1.54, 1.807) is 0 Å². The molecule has 2 heterocycles. The molecular weight excluding hydrogens is 236 g/mol. The molecule has 0 aromatic heterocycles. The standard InChI is InChI=1S/C16H32N2O/c1-4-9-17-16(15-8-10-19-12-15)11-18-13(2)6-5-7-14(18)3/h13-17H,4-12H2,1-3H3/t13-,14+,15?,16?. The highest BCUT2D eigenvalue weighted by Crippen LogP contribution is 2.25.